The van der Waals surface area contributed by atoms with Crippen LogP contribution in [0, 0.1) is 23.1 Å². The molecular weight excluding hydrogens is 272 g/mol. The Morgan fingerprint density at radius 3 is 2.45 bits per heavy atom. The third-order valence-corrected chi connectivity index (χ3v) is 3.63. The molecule has 1 aliphatic heterocycles. The molecule has 0 aromatic heterocycles. The second kappa shape index (κ2) is 5.80. The summed E-state index contributed by atoms with van der Waals surface area (Å²) < 4.78 is 50.8. The highest BCUT2D eigenvalue weighted by Gasteiger charge is 2.40. The van der Waals surface area contributed by atoms with Crippen molar-refractivity contribution in [1.82, 2.24) is 4.90 Å². The van der Waals surface area contributed by atoms with Crippen LogP contribution in [0.1, 0.15) is 24.0 Å². The summed E-state index contributed by atoms with van der Waals surface area (Å²) in [5.74, 6) is -1.69. The largest absolute Gasteiger partial charge is 0.391 e. The highest BCUT2D eigenvalue weighted by molar-refractivity contribution is 5.37. The van der Waals surface area contributed by atoms with Gasteiger partial charge in [-0.1, -0.05) is 0 Å². The molecule has 0 bridgehead atoms. The van der Waals surface area contributed by atoms with E-state index in [0.717, 1.165) is 0 Å². The maximum absolute atomic E-state index is 13.2. The van der Waals surface area contributed by atoms with E-state index >= 15 is 0 Å². The fraction of sp³-hybridized carbons (Fsp3) is 0.500. The van der Waals surface area contributed by atoms with E-state index in [4.69, 9.17) is 5.26 Å². The molecule has 0 aliphatic carbocycles. The molecule has 0 atom stereocenters. The normalized spacial score (nSPS) is 17.9. The summed E-state index contributed by atoms with van der Waals surface area (Å²) in [5, 5.41) is 8.95. The zero-order valence-electron chi connectivity index (χ0n) is 10.8. The maximum atomic E-state index is 13.2. The van der Waals surface area contributed by atoms with E-state index in [1.807, 2.05) is 11.0 Å². The van der Waals surface area contributed by atoms with Gasteiger partial charge in [-0.15, -0.1) is 0 Å². The lowest BCUT2D eigenvalue weighted by atomic mass is 9.95. The highest BCUT2D eigenvalue weighted by atomic mass is 19.4. The molecule has 0 radical (unpaired) electrons. The van der Waals surface area contributed by atoms with Crippen LogP contribution in [0.25, 0.3) is 0 Å². The molecule has 1 aliphatic rings. The van der Waals surface area contributed by atoms with Gasteiger partial charge in [-0.2, -0.15) is 18.4 Å². The SMILES string of the molecule is N#Cc1ccc(F)cc1CN1CCC(C(F)(F)F)CC1. The summed E-state index contributed by atoms with van der Waals surface area (Å²) in [6, 6.07) is 5.85. The van der Waals surface area contributed by atoms with Crippen molar-refractivity contribution < 1.29 is 17.6 Å². The molecule has 0 spiro atoms. The summed E-state index contributed by atoms with van der Waals surface area (Å²) in [7, 11) is 0. The van der Waals surface area contributed by atoms with E-state index < -0.39 is 17.9 Å². The van der Waals surface area contributed by atoms with Crippen molar-refractivity contribution in [3.63, 3.8) is 0 Å². The van der Waals surface area contributed by atoms with Gasteiger partial charge in [0.25, 0.3) is 0 Å². The molecule has 1 aromatic carbocycles. The van der Waals surface area contributed by atoms with Crippen LogP contribution in [-0.2, 0) is 6.54 Å². The molecular formula is C14H14F4N2. The van der Waals surface area contributed by atoms with Gasteiger partial charge in [-0.25, -0.2) is 4.39 Å². The second-order valence-corrected chi connectivity index (χ2v) is 5.01. The van der Waals surface area contributed by atoms with Crippen LogP contribution in [0.5, 0.6) is 0 Å². The predicted molar refractivity (Wildman–Crippen MR) is 65.2 cm³/mol. The van der Waals surface area contributed by atoms with Crippen molar-refractivity contribution >= 4 is 0 Å². The summed E-state index contributed by atoms with van der Waals surface area (Å²) in [4.78, 5) is 1.83. The molecule has 0 amide bonds. The van der Waals surface area contributed by atoms with E-state index in [-0.39, 0.29) is 12.8 Å². The number of nitriles is 1. The first-order valence-corrected chi connectivity index (χ1v) is 6.37. The quantitative estimate of drug-likeness (QED) is 0.778. The minimum atomic E-state index is -4.14. The first kappa shape index (κ1) is 14.8. The Kier molecular flexibility index (Phi) is 4.29. The van der Waals surface area contributed by atoms with E-state index in [9.17, 15) is 17.6 Å². The molecule has 0 N–H and O–H groups in total. The van der Waals surface area contributed by atoms with Gasteiger partial charge in [0.05, 0.1) is 17.6 Å². The van der Waals surface area contributed by atoms with Gasteiger partial charge < -0.3 is 0 Å². The van der Waals surface area contributed by atoms with Gasteiger partial charge in [0.15, 0.2) is 0 Å². The Hall–Kier alpha value is -1.61. The van der Waals surface area contributed by atoms with Crippen LogP contribution >= 0.6 is 0 Å². The topological polar surface area (TPSA) is 27.0 Å². The van der Waals surface area contributed by atoms with Gasteiger partial charge in [0.1, 0.15) is 5.82 Å². The number of halogens is 4. The Balaban J connectivity index is 2.00. The molecule has 108 valence electrons. The first-order valence-electron chi connectivity index (χ1n) is 6.37. The van der Waals surface area contributed by atoms with Crippen LogP contribution in [0.15, 0.2) is 18.2 Å². The van der Waals surface area contributed by atoms with Crippen molar-refractivity contribution in [2.45, 2.75) is 25.6 Å². The number of likely N-dealkylation sites (tertiary alicyclic amines) is 1. The molecule has 6 heteroatoms. The maximum Gasteiger partial charge on any atom is 0.391 e. The molecule has 1 heterocycles. The van der Waals surface area contributed by atoms with Gasteiger partial charge in [-0.3, -0.25) is 4.90 Å². The number of rotatable bonds is 2. The smallest absolute Gasteiger partial charge is 0.299 e. The van der Waals surface area contributed by atoms with E-state index in [1.165, 1.54) is 18.2 Å². The zero-order valence-corrected chi connectivity index (χ0v) is 10.8. The number of benzene rings is 1. The predicted octanol–water partition coefficient (Wildman–Crippen LogP) is 3.47. The van der Waals surface area contributed by atoms with Gasteiger partial charge >= 0.3 is 6.18 Å². The van der Waals surface area contributed by atoms with E-state index in [1.54, 1.807) is 0 Å². The number of alkyl halides is 3. The summed E-state index contributed by atoms with van der Waals surface area (Å²) >= 11 is 0. The molecule has 1 aromatic rings. The molecule has 2 rings (SSSR count). The second-order valence-electron chi connectivity index (χ2n) is 5.01. The van der Waals surface area contributed by atoms with Crippen LogP contribution in [0.2, 0.25) is 0 Å². The lowest BCUT2D eigenvalue weighted by molar-refractivity contribution is -0.185. The molecule has 0 saturated carbocycles. The van der Waals surface area contributed by atoms with Crippen molar-refractivity contribution in [1.29, 1.82) is 5.26 Å². The van der Waals surface area contributed by atoms with Crippen LogP contribution in [0.4, 0.5) is 17.6 Å². The minimum absolute atomic E-state index is 0.0563. The number of hydrogen-bond acceptors (Lipinski definition) is 2. The third-order valence-electron chi connectivity index (χ3n) is 3.63. The fourth-order valence-corrected chi connectivity index (χ4v) is 2.46. The Labute approximate surface area is 114 Å². The lowest BCUT2D eigenvalue weighted by Gasteiger charge is -2.33. The van der Waals surface area contributed by atoms with Gasteiger partial charge in [0.2, 0.25) is 0 Å². The van der Waals surface area contributed by atoms with Crippen LogP contribution < -0.4 is 0 Å². The third kappa shape index (κ3) is 3.48. The summed E-state index contributed by atoms with van der Waals surface area (Å²) in [5.41, 5.74) is 0.891. The average Bonchev–Trinajstić information content (AvgIpc) is 2.38. The Morgan fingerprint density at radius 2 is 1.90 bits per heavy atom. The van der Waals surface area contributed by atoms with E-state index in [0.29, 0.717) is 30.8 Å². The summed E-state index contributed by atoms with van der Waals surface area (Å²) in [6.45, 7) is 0.933. The number of piperidine rings is 1. The van der Waals surface area contributed by atoms with Crippen molar-refractivity contribution in [3.8, 4) is 6.07 Å². The summed E-state index contributed by atoms with van der Waals surface area (Å²) in [6.07, 6.45) is -4.02. The first-order chi connectivity index (χ1) is 9.40. The average molecular weight is 286 g/mol. The van der Waals surface area contributed by atoms with E-state index in [2.05, 4.69) is 0 Å². The van der Waals surface area contributed by atoms with Crippen molar-refractivity contribution in [2.24, 2.45) is 5.92 Å². The Morgan fingerprint density at radius 1 is 1.25 bits per heavy atom. The lowest BCUT2D eigenvalue weighted by Crippen LogP contribution is -2.38. The number of nitrogens with zero attached hydrogens (tertiary/aromatic N) is 2. The zero-order chi connectivity index (χ0) is 14.8. The molecule has 0 unspecified atom stereocenters. The standard InChI is InChI=1S/C14H14F4N2/c15-13-2-1-10(8-19)11(7-13)9-20-5-3-12(4-6-20)14(16,17)18/h1-2,7,12H,3-6,9H2. The fourth-order valence-electron chi connectivity index (χ4n) is 2.46. The highest BCUT2D eigenvalue weighted by Crippen LogP contribution is 2.34. The monoisotopic (exact) mass is 286 g/mol. The van der Waals surface area contributed by atoms with Crippen molar-refractivity contribution in [3.05, 3.63) is 35.1 Å². The number of hydrogen-bond donors (Lipinski definition) is 0. The van der Waals surface area contributed by atoms with Crippen LogP contribution in [-0.4, -0.2) is 24.2 Å². The minimum Gasteiger partial charge on any atom is -0.299 e. The van der Waals surface area contributed by atoms with Gasteiger partial charge in [-0.05, 0) is 49.7 Å². The van der Waals surface area contributed by atoms with Crippen molar-refractivity contribution in [2.75, 3.05) is 13.1 Å². The Bertz CT molecular complexity index is 511. The van der Waals surface area contributed by atoms with Crippen LogP contribution in [0.3, 0.4) is 0 Å². The molecule has 1 saturated heterocycles. The molecule has 2 nitrogen and oxygen atoms in total. The molecule has 1 fully saturated rings. The molecule has 20 heavy (non-hydrogen) atoms. The van der Waals surface area contributed by atoms with Gasteiger partial charge in [0, 0.05) is 6.54 Å².